The predicted molar refractivity (Wildman–Crippen MR) is 71.2 cm³/mol. The normalized spacial score (nSPS) is 9.18. The van der Waals surface area contributed by atoms with Crippen LogP contribution in [0.1, 0.15) is 47.0 Å². The lowest BCUT2D eigenvalue weighted by molar-refractivity contribution is -0.121. The molecule has 0 aliphatic carbocycles. The minimum Gasteiger partial charge on any atom is -0.352 e. The maximum atomic E-state index is 12.6. The highest BCUT2D eigenvalue weighted by molar-refractivity contribution is 5.75. The molecule has 0 heterocycles. The summed E-state index contributed by atoms with van der Waals surface area (Å²) < 4.78 is 12.6. The van der Waals surface area contributed by atoms with Crippen molar-refractivity contribution in [3.63, 3.8) is 0 Å². The van der Waals surface area contributed by atoms with Gasteiger partial charge in [-0.15, -0.1) is 0 Å². The molecule has 0 radical (unpaired) electrons. The van der Waals surface area contributed by atoms with Gasteiger partial charge in [-0.05, 0) is 24.1 Å². The molecule has 0 bridgehead atoms. The lowest BCUT2D eigenvalue weighted by Crippen LogP contribution is -2.22. The van der Waals surface area contributed by atoms with Gasteiger partial charge in [0.15, 0.2) is 0 Å². The molecule has 1 amide bonds. The molecule has 98 valence electrons. The fourth-order valence-corrected chi connectivity index (χ4v) is 1.23. The van der Waals surface area contributed by atoms with Crippen LogP contribution in [0.5, 0.6) is 0 Å². The maximum absolute atomic E-state index is 12.6. The molecular formula is C14H24FNO. The Labute approximate surface area is 105 Å². The first-order chi connectivity index (χ1) is 8.22. The van der Waals surface area contributed by atoms with Crippen molar-refractivity contribution < 1.29 is 10.6 Å². The van der Waals surface area contributed by atoms with Crippen molar-refractivity contribution in [2.45, 2.75) is 46.6 Å². The molecule has 1 aromatic carbocycles. The van der Waals surface area contributed by atoms with Gasteiger partial charge >= 0.3 is 0 Å². The highest BCUT2D eigenvalue weighted by Gasteiger charge is 2.00. The minimum absolute atomic E-state index is 0. The standard InChI is InChI=1S/C12H16FNO.C2H6.H2/c1-2-3-4-12(15)14-9-10-5-7-11(13)8-6-10;1-2;/h5-8H,2-4,9H2,1H3,(H,14,15);1-2H3;1H. The number of halogens is 1. The molecule has 1 N–H and O–H groups in total. The van der Waals surface area contributed by atoms with Crippen LogP contribution in [0, 0.1) is 5.82 Å². The Morgan fingerprint density at radius 2 is 1.88 bits per heavy atom. The molecule has 0 spiro atoms. The fraction of sp³-hybridized carbons (Fsp3) is 0.500. The topological polar surface area (TPSA) is 29.1 Å². The Kier molecular flexibility index (Phi) is 9.02. The van der Waals surface area contributed by atoms with Crippen LogP contribution < -0.4 is 5.32 Å². The highest BCUT2D eigenvalue weighted by atomic mass is 19.1. The average Bonchev–Trinajstić information content (AvgIpc) is 2.38. The number of hydrogen-bond acceptors (Lipinski definition) is 1. The van der Waals surface area contributed by atoms with E-state index in [1.165, 1.54) is 12.1 Å². The summed E-state index contributed by atoms with van der Waals surface area (Å²) in [5, 5.41) is 2.79. The first-order valence-electron chi connectivity index (χ1n) is 6.23. The van der Waals surface area contributed by atoms with E-state index in [1.54, 1.807) is 12.1 Å². The average molecular weight is 241 g/mol. The third-order valence-electron chi connectivity index (χ3n) is 2.16. The molecule has 0 atom stereocenters. The summed E-state index contributed by atoms with van der Waals surface area (Å²) in [6.45, 7) is 6.52. The summed E-state index contributed by atoms with van der Waals surface area (Å²) in [6.07, 6.45) is 2.50. The van der Waals surface area contributed by atoms with Crippen molar-refractivity contribution in [2.75, 3.05) is 0 Å². The number of nitrogens with one attached hydrogen (secondary N) is 1. The SMILES string of the molecule is CC.CCCCC(=O)NCc1ccc(F)cc1.[HH]. The van der Waals surface area contributed by atoms with E-state index in [0.29, 0.717) is 13.0 Å². The molecule has 1 rings (SSSR count). The molecule has 2 nitrogen and oxygen atoms in total. The summed E-state index contributed by atoms with van der Waals surface area (Å²) in [5.41, 5.74) is 0.918. The quantitative estimate of drug-likeness (QED) is 0.832. The van der Waals surface area contributed by atoms with Gasteiger partial charge in [0.2, 0.25) is 5.91 Å². The van der Waals surface area contributed by atoms with Crippen molar-refractivity contribution in [1.82, 2.24) is 5.32 Å². The molecule has 0 aliphatic rings. The van der Waals surface area contributed by atoms with Gasteiger partial charge in [-0.1, -0.05) is 39.3 Å². The van der Waals surface area contributed by atoms with Gasteiger partial charge in [0, 0.05) is 14.4 Å². The Hall–Kier alpha value is -1.38. The minimum atomic E-state index is -0.254. The van der Waals surface area contributed by atoms with Gasteiger partial charge in [-0.2, -0.15) is 0 Å². The zero-order valence-electron chi connectivity index (χ0n) is 10.9. The number of carbonyl (C=O) groups excluding carboxylic acids is 1. The van der Waals surface area contributed by atoms with E-state index in [2.05, 4.69) is 5.32 Å². The molecule has 0 saturated heterocycles. The number of amides is 1. The second-order valence-corrected chi connectivity index (χ2v) is 3.51. The van der Waals surface area contributed by atoms with E-state index >= 15 is 0 Å². The fourth-order valence-electron chi connectivity index (χ4n) is 1.23. The molecule has 1 aromatic rings. The van der Waals surface area contributed by atoms with Gasteiger partial charge < -0.3 is 5.32 Å². The number of benzene rings is 1. The molecule has 17 heavy (non-hydrogen) atoms. The zero-order chi connectivity index (χ0) is 13.1. The van der Waals surface area contributed by atoms with Crippen LogP contribution in [0.2, 0.25) is 0 Å². The molecule has 0 saturated carbocycles. The summed E-state index contributed by atoms with van der Waals surface area (Å²) in [7, 11) is 0. The molecular weight excluding hydrogens is 217 g/mol. The molecule has 0 aromatic heterocycles. The lowest BCUT2D eigenvalue weighted by Gasteiger charge is -2.04. The van der Waals surface area contributed by atoms with Gasteiger partial charge in [0.1, 0.15) is 5.82 Å². The monoisotopic (exact) mass is 241 g/mol. The van der Waals surface area contributed by atoms with Gasteiger partial charge in [-0.3, -0.25) is 4.79 Å². The summed E-state index contributed by atoms with van der Waals surface area (Å²) in [4.78, 5) is 11.3. The van der Waals surface area contributed by atoms with Crippen molar-refractivity contribution in [3.05, 3.63) is 35.6 Å². The van der Waals surface area contributed by atoms with E-state index in [-0.39, 0.29) is 13.2 Å². The van der Waals surface area contributed by atoms with Crippen LogP contribution in [0.15, 0.2) is 24.3 Å². The van der Waals surface area contributed by atoms with Gasteiger partial charge in [0.05, 0.1) is 0 Å². The third-order valence-corrected chi connectivity index (χ3v) is 2.16. The van der Waals surface area contributed by atoms with Crippen LogP contribution in [-0.2, 0) is 11.3 Å². The summed E-state index contributed by atoms with van der Waals surface area (Å²) in [6, 6.07) is 6.14. The Morgan fingerprint density at radius 1 is 1.29 bits per heavy atom. The highest BCUT2D eigenvalue weighted by Crippen LogP contribution is 2.02. The zero-order valence-corrected chi connectivity index (χ0v) is 10.9. The van der Waals surface area contributed by atoms with Crippen LogP contribution in [0.25, 0.3) is 0 Å². The molecule has 0 aliphatic heterocycles. The maximum Gasteiger partial charge on any atom is 0.220 e. The Morgan fingerprint density at radius 3 is 2.41 bits per heavy atom. The first-order valence-corrected chi connectivity index (χ1v) is 6.23. The number of unbranched alkanes of at least 4 members (excludes halogenated alkanes) is 1. The van der Waals surface area contributed by atoms with Gasteiger partial charge in [-0.25, -0.2) is 4.39 Å². The Balaban J connectivity index is 0. The largest absolute Gasteiger partial charge is 0.352 e. The van der Waals surface area contributed by atoms with Crippen molar-refractivity contribution in [2.24, 2.45) is 0 Å². The smallest absolute Gasteiger partial charge is 0.220 e. The molecule has 3 heteroatoms. The van der Waals surface area contributed by atoms with E-state index in [9.17, 15) is 9.18 Å². The van der Waals surface area contributed by atoms with E-state index in [4.69, 9.17) is 0 Å². The number of hydrogen-bond donors (Lipinski definition) is 1. The van der Waals surface area contributed by atoms with E-state index in [0.717, 1.165) is 18.4 Å². The van der Waals surface area contributed by atoms with Crippen molar-refractivity contribution >= 4 is 5.91 Å². The van der Waals surface area contributed by atoms with E-state index < -0.39 is 0 Å². The lowest BCUT2D eigenvalue weighted by atomic mass is 10.2. The summed E-state index contributed by atoms with van der Waals surface area (Å²) in [5.74, 6) is -0.197. The number of carbonyl (C=O) groups is 1. The van der Waals surface area contributed by atoms with Crippen molar-refractivity contribution in [1.29, 1.82) is 0 Å². The van der Waals surface area contributed by atoms with Crippen LogP contribution >= 0.6 is 0 Å². The van der Waals surface area contributed by atoms with Crippen LogP contribution in [0.4, 0.5) is 4.39 Å². The van der Waals surface area contributed by atoms with Gasteiger partial charge in [0.25, 0.3) is 0 Å². The third kappa shape index (κ3) is 7.50. The molecule has 0 unspecified atom stereocenters. The van der Waals surface area contributed by atoms with Crippen LogP contribution in [-0.4, -0.2) is 5.91 Å². The first kappa shape index (κ1) is 15.6. The predicted octanol–water partition coefficient (Wildman–Crippen LogP) is 3.90. The molecule has 0 fully saturated rings. The summed E-state index contributed by atoms with van der Waals surface area (Å²) >= 11 is 0. The van der Waals surface area contributed by atoms with E-state index in [1.807, 2.05) is 20.8 Å². The second kappa shape index (κ2) is 9.82. The Bertz CT molecular complexity index is 314. The second-order valence-electron chi connectivity index (χ2n) is 3.51. The van der Waals surface area contributed by atoms with Crippen molar-refractivity contribution in [3.8, 4) is 0 Å². The van der Waals surface area contributed by atoms with Crippen LogP contribution in [0.3, 0.4) is 0 Å². The number of rotatable bonds is 5.